The fourth-order valence-corrected chi connectivity index (χ4v) is 5.79. The highest BCUT2D eigenvalue weighted by molar-refractivity contribution is 6.85. The highest BCUT2D eigenvalue weighted by atomic mass is 15.1. The van der Waals surface area contributed by atoms with Crippen LogP contribution in [-0.2, 0) is 0 Å². The van der Waals surface area contributed by atoms with Crippen LogP contribution in [0.5, 0.6) is 0 Å². The molecule has 6 aromatic rings. The highest BCUT2D eigenvalue weighted by Crippen LogP contribution is 2.41. The van der Waals surface area contributed by atoms with Crippen molar-refractivity contribution in [2.24, 2.45) is 0 Å². The molecule has 5 heterocycles. The quantitative estimate of drug-likeness (QED) is 0.235. The summed E-state index contributed by atoms with van der Waals surface area (Å²) in [6.45, 7) is 0.0654. The lowest BCUT2D eigenvalue weighted by Gasteiger charge is -2.37. The molecule has 0 radical (unpaired) electrons. The normalized spacial score (nSPS) is 13.0. The summed E-state index contributed by atoms with van der Waals surface area (Å²) in [4.78, 5) is 25.9. The monoisotopic (exact) mass is 538 g/mol. The molecule has 0 saturated carbocycles. The molecule has 0 amide bonds. The predicted octanol–water partition coefficient (Wildman–Crippen LogP) is 6.64. The third-order valence-corrected chi connectivity index (χ3v) is 7.69. The Morgan fingerprint density at radius 1 is 0.524 bits per heavy atom. The lowest BCUT2D eigenvalue weighted by molar-refractivity contribution is 1.05. The van der Waals surface area contributed by atoms with E-state index in [9.17, 15) is 0 Å². The van der Waals surface area contributed by atoms with E-state index in [0.29, 0.717) is 28.9 Å². The molecule has 0 saturated heterocycles. The van der Waals surface area contributed by atoms with Crippen molar-refractivity contribution >= 4 is 18.0 Å². The van der Waals surface area contributed by atoms with Gasteiger partial charge in [-0.1, -0.05) is 84.8 Å². The third-order valence-electron chi connectivity index (χ3n) is 7.69. The first-order valence-corrected chi connectivity index (χ1v) is 13.9. The van der Waals surface area contributed by atoms with Gasteiger partial charge in [0.25, 0.3) is 0 Å². The number of hydrogen-bond donors (Lipinski definition) is 0. The van der Waals surface area contributed by atoms with E-state index in [1.807, 2.05) is 36.4 Å². The zero-order chi connectivity index (χ0) is 27.9. The molecule has 0 N–H and O–H groups in total. The van der Waals surface area contributed by atoms with E-state index in [0.717, 1.165) is 11.3 Å². The van der Waals surface area contributed by atoms with Gasteiger partial charge in [-0.3, -0.25) is 9.97 Å². The van der Waals surface area contributed by atoms with Crippen molar-refractivity contribution in [3.8, 4) is 56.7 Å². The Labute approximate surface area is 243 Å². The first-order chi connectivity index (χ1) is 20.8. The smallest absolute Gasteiger partial charge is 0.321 e. The largest absolute Gasteiger partial charge is 0.383 e. The SMILES string of the molecule is C1=CB2c3c(-c4ccccc4)cccc3-c3ccc(-c4nc(-c5ccccn5)nc(-c5ccccn5)n4)cc3N2C=C1. The van der Waals surface area contributed by atoms with Crippen LogP contribution in [-0.4, -0.2) is 31.8 Å². The number of fused-ring (bicyclic) bond motifs is 6. The minimum atomic E-state index is 0.0654. The van der Waals surface area contributed by atoms with Gasteiger partial charge in [-0.2, -0.15) is 0 Å². The number of anilines is 1. The predicted molar refractivity (Wildman–Crippen MR) is 169 cm³/mol. The standard InChI is InChI=1S/C35H23BN6/c1-2-11-24(12-3-1)26-13-10-14-28-27-18-17-25(23-31(27)42-22-9-6-19-36(42)32(26)28)33-39-34(29-15-4-7-20-37-29)41-35(40-33)30-16-5-8-21-38-30/h1-23H. The third kappa shape index (κ3) is 4.11. The van der Waals surface area contributed by atoms with E-state index in [4.69, 9.17) is 15.0 Å². The van der Waals surface area contributed by atoms with Crippen LogP contribution in [0.4, 0.5) is 5.69 Å². The van der Waals surface area contributed by atoms with E-state index in [-0.39, 0.29) is 6.85 Å². The van der Waals surface area contributed by atoms with E-state index >= 15 is 0 Å². The maximum Gasteiger partial charge on any atom is 0.321 e. The second kappa shape index (κ2) is 10.1. The van der Waals surface area contributed by atoms with Crippen LogP contribution in [0, 0.1) is 0 Å². The molecule has 0 spiro atoms. The first-order valence-electron chi connectivity index (χ1n) is 13.9. The Bertz CT molecular complexity index is 1930. The maximum absolute atomic E-state index is 4.89. The lowest BCUT2D eigenvalue weighted by atomic mass is 9.48. The summed E-state index contributed by atoms with van der Waals surface area (Å²) in [5.74, 6) is 3.86. The number of benzene rings is 3. The van der Waals surface area contributed by atoms with Crippen molar-refractivity contribution in [2.75, 3.05) is 4.81 Å². The molecule has 7 heteroatoms. The lowest BCUT2D eigenvalue weighted by Crippen LogP contribution is -2.49. The topological polar surface area (TPSA) is 67.7 Å². The summed E-state index contributed by atoms with van der Waals surface area (Å²) in [5.41, 5.74) is 9.54. The van der Waals surface area contributed by atoms with Crippen LogP contribution in [0.3, 0.4) is 0 Å². The van der Waals surface area contributed by atoms with Gasteiger partial charge in [0.2, 0.25) is 0 Å². The van der Waals surface area contributed by atoms with Crippen molar-refractivity contribution in [3.63, 3.8) is 0 Å². The average Bonchev–Trinajstić information content (AvgIpc) is 3.09. The molecule has 0 bridgehead atoms. The van der Waals surface area contributed by atoms with Crippen LogP contribution in [0.2, 0.25) is 0 Å². The van der Waals surface area contributed by atoms with Crippen LogP contribution >= 0.6 is 0 Å². The highest BCUT2D eigenvalue weighted by Gasteiger charge is 2.35. The first kappa shape index (κ1) is 24.1. The van der Waals surface area contributed by atoms with Crippen molar-refractivity contribution in [1.29, 1.82) is 0 Å². The number of rotatable bonds is 4. The number of hydrogen-bond acceptors (Lipinski definition) is 6. The van der Waals surface area contributed by atoms with Crippen LogP contribution < -0.4 is 10.3 Å². The molecule has 0 fully saturated rings. The molecule has 3 aromatic heterocycles. The Balaban J connectivity index is 1.31. The van der Waals surface area contributed by atoms with Gasteiger partial charge < -0.3 is 4.81 Å². The molecule has 8 rings (SSSR count). The number of pyridine rings is 2. The van der Waals surface area contributed by atoms with E-state index < -0.39 is 0 Å². The summed E-state index contributed by atoms with van der Waals surface area (Å²) >= 11 is 0. The molecule has 0 atom stereocenters. The van der Waals surface area contributed by atoms with Crippen LogP contribution in [0.15, 0.2) is 140 Å². The van der Waals surface area contributed by atoms with Gasteiger partial charge in [-0.05, 0) is 64.8 Å². The maximum atomic E-state index is 4.89. The summed E-state index contributed by atoms with van der Waals surface area (Å²) in [6, 6.07) is 35.1. The molecular weight excluding hydrogens is 515 g/mol. The Morgan fingerprint density at radius 2 is 1.21 bits per heavy atom. The number of nitrogens with zero attached hydrogens (tertiary/aromatic N) is 6. The summed E-state index contributed by atoms with van der Waals surface area (Å²) < 4.78 is 0. The molecule has 6 nitrogen and oxygen atoms in total. The molecular formula is C35H23BN6. The average molecular weight is 538 g/mol. The fourth-order valence-electron chi connectivity index (χ4n) is 5.79. The van der Waals surface area contributed by atoms with Crippen molar-refractivity contribution in [2.45, 2.75) is 0 Å². The Kier molecular flexibility index (Phi) is 5.78. The van der Waals surface area contributed by atoms with E-state index in [1.165, 1.54) is 27.7 Å². The minimum Gasteiger partial charge on any atom is -0.383 e. The Morgan fingerprint density at radius 3 is 1.93 bits per heavy atom. The van der Waals surface area contributed by atoms with Gasteiger partial charge in [-0.15, -0.1) is 0 Å². The van der Waals surface area contributed by atoms with Crippen LogP contribution in [0.25, 0.3) is 56.7 Å². The fraction of sp³-hybridized carbons (Fsp3) is 0. The van der Waals surface area contributed by atoms with Gasteiger partial charge in [-0.25, -0.2) is 15.0 Å². The molecule has 2 aliphatic heterocycles. The summed E-state index contributed by atoms with van der Waals surface area (Å²) in [6.07, 6.45) is 9.87. The molecule has 3 aromatic carbocycles. The van der Waals surface area contributed by atoms with Crippen LogP contribution in [0.1, 0.15) is 0 Å². The Hall–Kier alpha value is -5.69. The number of allylic oxidation sites excluding steroid dienone is 2. The van der Waals surface area contributed by atoms with E-state index in [1.54, 1.807) is 12.4 Å². The molecule has 42 heavy (non-hydrogen) atoms. The van der Waals surface area contributed by atoms with Gasteiger partial charge in [0, 0.05) is 29.2 Å². The molecule has 196 valence electrons. The van der Waals surface area contributed by atoms with Crippen molar-refractivity contribution < 1.29 is 0 Å². The van der Waals surface area contributed by atoms with Gasteiger partial charge in [0.15, 0.2) is 17.5 Å². The van der Waals surface area contributed by atoms with Crippen molar-refractivity contribution in [3.05, 3.63) is 140 Å². The minimum absolute atomic E-state index is 0.0654. The zero-order valence-electron chi connectivity index (χ0n) is 22.5. The second-order valence-corrected chi connectivity index (χ2v) is 10.2. The van der Waals surface area contributed by atoms with E-state index in [2.05, 4.69) is 106 Å². The molecule has 0 unspecified atom stereocenters. The zero-order valence-corrected chi connectivity index (χ0v) is 22.5. The van der Waals surface area contributed by atoms with Gasteiger partial charge in [0.1, 0.15) is 11.4 Å². The summed E-state index contributed by atoms with van der Waals surface area (Å²) in [7, 11) is 0. The number of aromatic nitrogens is 5. The summed E-state index contributed by atoms with van der Waals surface area (Å²) in [5, 5.41) is 0. The molecule has 0 aliphatic carbocycles. The van der Waals surface area contributed by atoms with Gasteiger partial charge in [0.05, 0.1) is 0 Å². The second-order valence-electron chi connectivity index (χ2n) is 10.2. The van der Waals surface area contributed by atoms with Gasteiger partial charge >= 0.3 is 6.85 Å². The molecule has 2 aliphatic rings. The van der Waals surface area contributed by atoms with Crippen molar-refractivity contribution in [1.82, 2.24) is 24.9 Å².